The molecule has 8 heteroatoms. The summed E-state index contributed by atoms with van der Waals surface area (Å²) < 4.78 is 8.79. The van der Waals surface area contributed by atoms with Gasteiger partial charge >= 0.3 is 0 Å². The molecule has 6 nitrogen and oxygen atoms in total. The maximum Gasteiger partial charge on any atom is 0.261 e. The molecule has 0 aliphatic carbocycles. The third-order valence-corrected chi connectivity index (χ3v) is 5.14. The minimum atomic E-state index is -0.109. The van der Waals surface area contributed by atoms with Gasteiger partial charge in [-0.05, 0) is 11.6 Å². The van der Waals surface area contributed by atoms with E-state index in [4.69, 9.17) is 27.9 Å². The highest BCUT2D eigenvalue weighted by Crippen LogP contribution is 2.26. The highest BCUT2D eigenvalue weighted by atomic mass is 35.5. The number of anilines is 1. The zero-order chi connectivity index (χ0) is 17.4. The van der Waals surface area contributed by atoms with Gasteiger partial charge in [0, 0.05) is 31.5 Å². The lowest BCUT2D eigenvalue weighted by atomic mass is 10.2. The van der Waals surface area contributed by atoms with Crippen LogP contribution < -0.4 is 10.5 Å². The van der Waals surface area contributed by atoms with Crippen molar-refractivity contribution in [2.75, 3.05) is 31.2 Å². The first kappa shape index (κ1) is 16.4. The second-order valence-corrected chi connectivity index (χ2v) is 6.65. The number of halogens is 2. The van der Waals surface area contributed by atoms with Crippen molar-refractivity contribution in [1.82, 2.24) is 14.0 Å². The van der Waals surface area contributed by atoms with E-state index in [-0.39, 0.29) is 5.56 Å². The Morgan fingerprint density at radius 1 is 1.16 bits per heavy atom. The minimum absolute atomic E-state index is 0.109. The molecule has 0 radical (unpaired) electrons. The molecule has 1 aliphatic rings. The molecule has 1 aliphatic heterocycles. The van der Waals surface area contributed by atoms with Crippen LogP contribution in [0.1, 0.15) is 5.56 Å². The van der Waals surface area contributed by atoms with E-state index in [1.54, 1.807) is 18.3 Å². The van der Waals surface area contributed by atoms with Gasteiger partial charge in [0.2, 0.25) is 5.78 Å². The topological polar surface area (TPSA) is 51.8 Å². The molecular weight excluding hydrogens is 363 g/mol. The monoisotopic (exact) mass is 378 g/mol. The van der Waals surface area contributed by atoms with Gasteiger partial charge in [0.05, 0.1) is 29.8 Å². The molecule has 2 aromatic heterocycles. The van der Waals surface area contributed by atoms with Crippen LogP contribution in [0.15, 0.2) is 41.5 Å². The van der Waals surface area contributed by atoms with Crippen LogP contribution in [-0.2, 0) is 11.3 Å². The van der Waals surface area contributed by atoms with Crippen molar-refractivity contribution in [1.29, 1.82) is 0 Å². The van der Waals surface area contributed by atoms with E-state index in [1.807, 2.05) is 22.9 Å². The highest BCUT2D eigenvalue weighted by Gasteiger charge is 2.16. The van der Waals surface area contributed by atoms with E-state index in [9.17, 15) is 4.79 Å². The van der Waals surface area contributed by atoms with Crippen molar-refractivity contribution in [3.05, 3.63) is 62.6 Å². The number of fused-ring (bicyclic) bond motifs is 1. The molecule has 1 aromatic carbocycles. The number of morpholine rings is 1. The molecule has 3 heterocycles. The van der Waals surface area contributed by atoms with Gasteiger partial charge in [-0.15, -0.1) is 0 Å². The van der Waals surface area contributed by atoms with Crippen LogP contribution in [0.4, 0.5) is 5.82 Å². The molecule has 1 saturated heterocycles. The molecule has 25 heavy (non-hydrogen) atoms. The summed E-state index contributed by atoms with van der Waals surface area (Å²) in [5.41, 5.74) is 0.765. The summed E-state index contributed by atoms with van der Waals surface area (Å²) in [7, 11) is 0. The Bertz CT molecular complexity index is 976. The predicted molar refractivity (Wildman–Crippen MR) is 98.0 cm³/mol. The van der Waals surface area contributed by atoms with Crippen LogP contribution in [-0.4, -0.2) is 40.3 Å². The largest absolute Gasteiger partial charge is 0.378 e. The number of aromatic nitrogens is 3. The quantitative estimate of drug-likeness (QED) is 0.702. The summed E-state index contributed by atoms with van der Waals surface area (Å²) in [6.07, 6.45) is 3.54. The molecule has 0 N–H and O–H groups in total. The van der Waals surface area contributed by atoms with Gasteiger partial charge in [-0.25, -0.2) is 0 Å². The van der Waals surface area contributed by atoms with Crippen molar-refractivity contribution in [2.45, 2.75) is 6.54 Å². The maximum absolute atomic E-state index is 12.4. The highest BCUT2D eigenvalue weighted by molar-refractivity contribution is 6.42. The van der Waals surface area contributed by atoms with Crippen molar-refractivity contribution >= 4 is 34.8 Å². The fourth-order valence-corrected chi connectivity index (χ4v) is 3.34. The number of nitrogens with zero attached hydrogens (tertiary/aromatic N) is 4. The molecule has 0 atom stereocenters. The van der Waals surface area contributed by atoms with Gasteiger partial charge in [0.15, 0.2) is 0 Å². The minimum Gasteiger partial charge on any atom is -0.378 e. The molecule has 1 fully saturated rings. The third-order valence-electron chi connectivity index (χ3n) is 4.28. The smallest absolute Gasteiger partial charge is 0.261 e. The Balaban J connectivity index is 1.75. The van der Waals surface area contributed by atoms with E-state index in [0.29, 0.717) is 41.4 Å². The number of ether oxygens (including phenoxy) is 1. The van der Waals surface area contributed by atoms with Crippen LogP contribution in [0.2, 0.25) is 10.0 Å². The summed E-state index contributed by atoms with van der Waals surface area (Å²) in [6, 6.07) is 7.08. The van der Waals surface area contributed by atoms with Crippen molar-refractivity contribution in [2.24, 2.45) is 0 Å². The third kappa shape index (κ3) is 3.13. The van der Waals surface area contributed by atoms with Gasteiger partial charge in [-0.2, -0.15) is 4.98 Å². The molecule has 0 spiro atoms. The average molecular weight is 379 g/mol. The van der Waals surface area contributed by atoms with Gasteiger partial charge < -0.3 is 14.2 Å². The molecule has 0 bridgehead atoms. The maximum atomic E-state index is 12.4. The average Bonchev–Trinajstić information content (AvgIpc) is 3.03. The van der Waals surface area contributed by atoms with E-state index in [2.05, 4.69) is 9.88 Å². The van der Waals surface area contributed by atoms with E-state index in [0.717, 1.165) is 18.7 Å². The lowest BCUT2D eigenvalue weighted by molar-refractivity contribution is 0.122. The Morgan fingerprint density at radius 2 is 1.96 bits per heavy atom. The Morgan fingerprint density at radius 3 is 2.76 bits per heavy atom. The van der Waals surface area contributed by atoms with E-state index >= 15 is 0 Å². The van der Waals surface area contributed by atoms with Crippen LogP contribution in [0.3, 0.4) is 0 Å². The molecule has 3 aromatic rings. The van der Waals surface area contributed by atoms with Crippen LogP contribution in [0, 0.1) is 0 Å². The van der Waals surface area contributed by atoms with Gasteiger partial charge in [-0.3, -0.25) is 9.20 Å². The standard InChI is InChI=1S/C17H16Cl2N4O2/c18-13-3-1-2-12(16(13)19)11-22-4-5-23-15(24)10-14(20-17(22)23)21-6-8-25-9-7-21/h1-5,10H,6-9,11H2. The molecule has 0 amide bonds. The first-order chi connectivity index (χ1) is 12.1. The van der Waals surface area contributed by atoms with Gasteiger partial charge in [0.25, 0.3) is 5.56 Å². The summed E-state index contributed by atoms with van der Waals surface area (Å²) in [6.45, 7) is 3.21. The molecule has 4 rings (SSSR count). The Labute approximate surface area is 154 Å². The Hall–Kier alpha value is -2.02. The summed E-state index contributed by atoms with van der Waals surface area (Å²) in [4.78, 5) is 19.2. The van der Waals surface area contributed by atoms with Crippen LogP contribution in [0.25, 0.3) is 5.78 Å². The molecule has 0 saturated carbocycles. The fraction of sp³-hybridized carbons (Fsp3) is 0.294. The number of rotatable bonds is 3. The normalized spacial score (nSPS) is 15.0. The zero-order valence-corrected chi connectivity index (χ0v) is 14.9. The molecule has 0 unspecified atom stereocenters. The summed E-state index contributed by atoms with van der Waals surface area (Å²) >= 11 is 12.4. The fourth-order valence-electron chi connectivity index (χ4n) is 2.96. The van der Waals surface area contributed by atoms with Gasteiger partial charge in [0.1, 0.15) is 5.82 Å². The molecule has 130 valence electrons. The number of imidazole rings is 1. The van der Waals surface area contributed by atoms with Gasteiger partial charge in [-0.1, -0.05) is 35.3 Å². The summed E-state index contributed by atoms with van der Waals surface area (Å²) in [5.74, 6) is 1.25. The number of hydrogen-bond donors (Lipinski definition) is 0. The predicted octanol–water partition coefficient (Wildman–Crippen LogP) is 2.69. The second-order valence-electron chi connectivity index (χ2n) is 5.86. The lowest BCUT2D eigenvalue weighted by Crippen LogP contribution is -2.37. The van der Waals surface area contributed by atoms with Crippen LogP contribution >= 0.6 is 23.2 Å². The first-order valence-electron chi connectivity index (χ1n) is 7.97. The summed E-state index contributed by atoms with van der Waals surface area (Å²) in [5, 5.41) is 1.03. The first-order valence-corrected chi connectivity index (χ1v) is 8.73. The second kappa shape index (κ2) is 6.71. The Kier molecular flexibility index (Phi) is 4.41. The lowest BCUT2D eigenvalue weighted by Gasteiger charge is -2.27. The van der Waals surface area contributed by atoms with Crippen LogP contribution in [0.5, 0.6) is 0 Å². The van der Waals surface area contributed by atoms with Crippen molar-refractivity contribution in [3.8, 4) is 0 Å². The number of benzene rings is 1. The van der Waals surface area contributed by atoms with Crippen molar-refractivity contribution in [3.63, 3.8) is 0 Å². The van der Waals surface area contributed by atoms with E-state index in [1.165, 1.54) is 4.40 Å². The van der Waals surface area contributed by atoms with E-state index < -0.39 is 0 Å². The molecular formula is C17H16Cl2N4O2. The number of hydrogen-bond acceptors (Lipinski definition) is 4. The zero-order valence-electron chi connectivity index (χ0n) is 13.4. The SMILES string of the molecule is O=c1cc(N2CCOCC2)nc2n(Cc3cccc(Cl)c3Cl)ccn12. The van der Waals surface area contributed by atoms with Crippen molar-refractivity contribution < 1.29 is 4.74 Å².